The van der Waals surface area contributed by atoms with Crippen molar-refractivity contribution in [1.82, 2.24) is 5.32 Å². The normalized spacial score (nSPS) is 10.2. The highest BCUT2D eigenvalue weighted by Gasteiger charge is 2.07. The standard InChI is InChI=1S/C12H11NO2/c1-13-12(15)11-4-2-3-8-7-9(14)5-6-10(8)11/h2-7,14H,1H3,(H,13,15). The molecule has 3 nitrogen and oxygen atoms in total. The summed E-state index contributed by atoms with van der Waals surface area (Å²) >= 11 is 0. The lowest BCUT2D eigenvalue weighted by Gasteiger charge is -2.05. The van der Waals surface area contributed by atoms with Crippen molar-refractivity contribution in [2.75, 3.05) is 7.05 Å². The highest BCUT2D eigenvalue weighted by atomic mass is 16.3. The number of phenolic OH excluding ortho intramolecular Hbond substituents is 1. The molecule has 2 aromatic carbocycles. The number of fused-ring (bicyclic) bond motifs is 1. The molecule has 0 aliphatic rings. The SMILES string of the molecule is CNC(=O)c1cccc2cc(O)ccc12. The van der Waals surface area contributed by atoms with Crippen LogP contribution in [0.15, 0.2) is 36.4 Å². The van der Waals surface area contributed by atoms with E-state index in [9.17, 15) is 9.90 Å². The van der Waals surface area contributed by atoms with E-state index in [1.807, 2.05) is 6.07 Å². The fourth-order valence-electron chi connectivity index (χ4n) is 1.60. The fraction of sp³-hybridized carbons (Fsp3) is 0.0833. The molecule has 0 aromatic heterocycles. The highest BCUT2D eigenvalue weighted by molar-refractivity contribution is 6.07. The van der Waals surface area contributed by atoms with Crippen molar-refractivity contribution < 1.29 is 9.90 Å². The predicted octanol–water partition coefficient (Wildman–Crippen LogP) is 1.91. The molecule has 0 aliphatic carbocycles. The van der Waals surface area contributed by atoms with Crippen LogP contribution in [0.5, 0.6) is 5.75 Å². The van der Waals surface area contributed by atoms with E-state index >= 15 is 0 Å². The van der Waals surface area contributed by atoms with Gasteiger partial charge in [0.1, 0.15) is 5.75 Å². The summed E-state index contributed by atoms with van der Waals surface area (Å²) in [6.07, 6.45) is 0. The molecule has 2 N–H and O–H groups in total. The van der Waals surface area contributed by atoms with Crippen molar-refractivity contribution >= 4 is 16.7 Å². The van der Waals surface area contributed by atoms with Crippen LogP contribution in [-0.2, 0) is 0 Å². The van der Waals surface area contributed by atoms with E-state index in [0.717, 1.165) is 10.8 Å². The second kappa shape index (κ2) is 3.61. The molecule has 0 saturated carbocycles. The van der Waals surface area contributed by atoms with E-state index in [0.29, 0.717) is 5.56 Å². The van der Waals surface area contributed by atoms with Gasteiger partial charge in [-0.05, 0) is 35.0 Å². The lowest BCUT2D eigenvalue weighted by atomic mass is 10.0. The zero-order valence-corrected chi connectivity index (χ0v) is 8.32. The van der Waals surface area contributed by atoms with Crippen LogP contribution in [-0.4, -0.2) is 18.1 Å². The molecule has 0 saturated heterocycles. The van der Waals surface area contributed by atoms with E-state index in [2.05, 4.69) is 5.32 Å². The minimum Gasteiger partial charge on any atom is -0.508 e. The van der Waals surface area contributed by atoms with E-state index < -0.39 is 0 Å². The molecule has 2 aromatic rings. The zero-order valence-electron chi connectivity index (χ0n) is 8.32. The zero-order chi connectivity index (χ0) is 10.8. The Labute approximate surface area is 87.3 Å². The summed E-state index contributed by atoms with van der Waals surface area (Å²) in [6.45, 7) is 0. The summed E-state index contributed by atoms with van der Waals surface area (Å²) in [4.78, 5) is 11.5. The topological polar surface area (TPSA) is 49.3 Å². The molecule has 0 atom stereocenters. The molecule has 0 aliphatic heterocycles. The second-order valence-electron chi connectivity index (χ2n) is 3.29. The Bertz CT molecular complexity index is 520. The van der Waals surface area contributed by atoms with Gasteiger partial charge in [-0.3, -0.25) is 4.79 Å². The number of benzene rings is 2. The van der Waals surface area contributed by atoms with Gasteiger partial charge in [-0.2, -0.15) is 0 Å². The van der Waals surface area contributed by atoms with Crippen LogP contribution < -0.4 is 5.32 Å². The lowest BCUT2D eigenvalue weighted by molar-refractivity contribution is 0.0964. The van der Waals surface area contributed by atoms with Crippen LogP contribution in [0.2, 0.25) is 0 Å². The molecule has 0 unspecified atom stereocenters. The van der Waals surface area contributed by atoms with Crippen LogP contribution in [0, 0.1) is 0 Å². The van der Waals surface area contributed by atoms with Gasteiger partial charge < -0.3 is 10.4 Å². The number of phenols is 1. The van der Waals surface area contributed by atoms with Gasteiger partial charge in [0.2, 0.25) is 0 Å². The number of carbonyl (C=O) groups is 1. The molecule has 1 amide bonds. The Balaban J connectivity index is 2.71. The van der Waals surface area contributed by atoms with Crippen molar-refractivity contribution in [3.05, 3.63) is 42.0 Å². The van der Waals surface area contributed by atoms with Gasteiger partial charge >= 0.3 is 0 Å². The average Bonchev–Trinajstić information content (AvgIpc) is 2.26. The van der Waals surface area contributed by atoms with Crippen molar-refractivity contribution in [1.29, 1.82) is 0 Å². The quantitative estimate of drug-likeness (QED) is 0.740. The van der Waals surface area contributed by atoms with Crippen molar-refractivity contribution in [3.8, 4) is 5.75 Å². The number of rotatable bonds is 1. The summed E-state index contributed by atoms with van der Waals surface area (Å²) < 4.78 is 0. The predicted molar refractivity (Wildman–Crippen MR) is 59.0 cm³/mol. The van der Waals surface area contributed by atoms with E-state index in [1.54, 1.807) is 37.4 Å². The first kappa shape index (κ1) is 9.52. The van der Waals surface area contributed by atoms with Crippen LogP contribution in [0.3, 0.4) is 0 Å². The highest BCUT2D eigenvalue weighted by Crippen LogP contribution is 2.22. The van der Waals surface area contributed by atoms with Crippen LogP contribution in [0.1, 0.15) is 10.4 Å². The van der Waals surface area contributed by atoms with E-state index in [4.69, 9.17) is 0 Å². The maximum atomic E-state index is 11.5. The summed E-state index contributed by atoms with van der Waals surface area (Å²) in [5, 5.41) is 13.6. The number of hydrogen-bond acceptors (Lipinski definition) is 2. The van der Waals surface area contributed by atoms with Crippen LogP contribution >= 0.6 is 0 Å². The Hall–Kier alpha value is -2.03. The van der Waals surface area contributed by atoms with E-state index in [1.165, 1.54) is 0 Å². The van der Waals surface area contributed by atoms with Gasteiger partial charge in [0.25, 0.3) is 5.91 Å². The van der Waals surface area contributed by atoms with Gasteiger partial charge in [-0.15, -0.1) is 0 Å². The fourth-order valence-corrected chi connectivity index (χ4v) is 1.60. The third-order valence-corrected chi connectivity index (χ3v) is 2.34. The summed E-state index contributed by atoms with van der Waals surface area (Å²) in [7, 11) is 1.60. The summed E-state index contributed by atoms with van der Waals surface area (Å²) in [5.41, 5.74) is 0.620. The van der Waals surface area contributed by atoms with Gasteiger partial charge in [0.15, 0.2) is 0 Å². The van der Waals surface area contributed by atoms with Gasteiger partial charge in [0.05, 0.1) is 0 Å². The maximum absolute atomic E-state index is 11.5. The maximum Gasteiger partial charge on any atom is 0.251 e. The molecule has 0 radical (unpaired) electrons. The minimum atomic E-state index is -0.119. The monoisotopic (exact) mass is 201 g/mol. The molecule has 0 heterocycles. The van der Waals surface area contributed by atoms with Crippen molar-refractivity contribution in [3.63, 3.8) is 0 Å². The summed E-state index contributed by atoms with van der Waals surface area (Å²) in [5.74, 6) is 0.0860. The average molecular weight is 201 g/mol. The molecule has 2 rings (SSSR count). The number of nitrogens with one attached hydrogen (secondary N) is 1. The number of hydrogen-bond donors (Lipinski definition) is 2. The number of aromatic hydroxyl groups is 1. The second-order valence-corrected chi connectivity index (χ2v) is 3.29. The smallest absolute Gasteiger partial charge is 0.251 e. The Morgan fingerprint density at radius 3 is 2.80 bits per heavy atom. The van der Waals surface area contributed by atoms with Gasteiger partial charge in [-0.25, -0.2) is 0 Å². The molecule has 15 heavy (non-hydrogen) atoms. The van der Waals surface area contributed by atoms with Crippen molar-refractivity contribution in [2.45, 2.75) is 0 Å². The number of amides is 1. The first-order chi connectivity index (χ1) is 7.22. The first-order valence-corrected chi connectivity index (χ1v) is 4.66. The molecular formula is C12H11NO2. The molecule has 76 valence electrons. The third-order valence-electron chi connectivity index (χ3n) is 2.34. The van der Waals surface area contributed by atoms with Gasteiger partial charge in [0, 0.05) is 12.6 Å². The molecule has 0 spiro atoms. The lowest BCUT2D eigenvalue weighted by Crippen LogP contribution is -2.17. The Kier molecular flexibility index (Phi) is 2.29. The largest absolute Gasteiger partial charge is 0.508 e. The van der Waals surface area contributed by atoms with Crippen LogP contribution in [0.4, 0.5) is 0 Å². The minimum absolute atomic E-state index is 0.119. The molecule has 3 heteroatoms. The Morgan fingerprint density at radius 1 is 1.27 bits per heavy atom. The van der Waals surface area contributed by atoms with Crippen molar-refractivity contribution in [2.24, 2.45) is 0 Å². The first-order valence-electron chi connectivity index (χ1n) is 4.66. The van der Waals surface area contributed by atoms with Crippen LogP contribution in [0.25, 0.3) is 10.8 Å². The summed E-state index contributed by atoms with van der Waals surface area (Å²) in [6, 6.07) is 10.4. The Morgan fingerprint density at radius 2 is 2.07 bits per heavy atom. The molecular weight excluding hydrogens is 190 g/mol. The molecule has 0 bridgehead atoms. The molecule has 0 fully saturated rings. The van der Waals surface area contributed by atoms with Gasteiger partial charge in [-0.1, -0.05) is 12.1 Å². The number of carbonyl (C=O) groups excluding carboxylic acids is 1. The third kappa shape index (κ3) is 1.64. The van der Waals surface area contributed by atoms with E-state index in [-0.39, 0.29) is 11.7 Å².